The fourth-order valence-electron chi connectivity index (χ4n) is 1.87. The van der Waals surface area contributed by atoms with Crippen LogP contribution in [0.15, 0.2) is 6.20 Å². The van der Waals surface area contributed by atoms with Crippen molar-refractivity contribution in [2.24, 2.45) is 0 Å². The fourth-order valence-corrected chi connectivity index (χ4v) is 2.01. The summed E-state index contributed by atoms with van der Waals surface area (Å²) < 4.78 is 1.95. The van der Waals surface area contributed by atoms with Gasteiger partial charge in [0, 0.05) is 12.6 Å². The van der Waals surface area contributed by atoms with Crippen LogP contribution in [-0.4, -0.2) is 22.4 Å². The predicted octanol–water partition coefficient (Wildman–Crippen LogP) is 3.40. The Morgan fingerprint density at radius 2 is 2.24 bits per heavy atom. The first-order valence-corrected chi connectivity index (χ1v) is 6.94. The van der Waals surface area contributed by atoms with E-state index in [0.29, 0.717) is 6.04 Å². The average molecular weight is 258 g/mol. The van der Waals surface area contributed by atoms with Gasteiger partial charge < -0.3 is 5.32 Å². The molecule has 0 radical (unpaired) electrons. The van der Waals surface area contributed by atoms with E-state index in [1.165, 1.54) is 25.7 Å². The Bertz CT molecular complexity index is 322. The number of unbranched alkanes of at least 4 members (excludes halogenated alkanes) is 2. The first kappa shape index (κ1) is 14.5. The molecule has 0 aliphatic rings. The zero-order valence-electron chi connectivity index (χ0n) is 11.2. The van der Waals surface area contributed by atoms with Gasteiger partial charge in [-0.05, 0) is 20.3 Å². The van der Waals surface area contributed by atoms with Crippen LogP contribution >= 0.6 is 11.6 Å². The lowest BCUT2D eigenvalue weighted by Gasteiger charge is -2.13. The minimum absolute atomic E-state index is 0.591. The Balaban J connectivity index is 2.17. The molecule has 1 N–H and O–H groups in total. The highest BCUT2D eigenvalue weighted by Crippen LogP contribution is 2.12. The second-order valence-electron chi connectivity index (χ2n) is 4.65. The number of aromatic nitrogens is 2. The van der Waals surface area contributed by atoms with Crippen LogP contribution in [0.2, 0.25) is 5.02 Å². The molecule has 1 atom stereocenters. The van der Waals surface area contributed by atoms with Crippen molar-refractivity contribution >= 4 is 11.6 Å². The average Bonchev–Trinajstić information content (AvgIpc) is 2.61. The molecule has 0 spiro atoms. The van der Waals surface area contributed by atoms with Gasteiger partial charge in [-0.3, -0.25) is 4.68 Å². The normalized spacial score (nSPS) is 12.9. The van der Waals surface area contributed by atoms with Crippen LogP contribution in [0.4, 0.5) is 0 Å². The molecule has 1 heterocycles. The van der Waals surface area contributed by atoms with Gasteiger partial charge in [0.05, 0.1) is 23.5 Å². The van der Waals surface area contributed by atoms with Crippen LogP contribution in [0, 0.1) is 6.92 Å². The van der Waals surface area contributed by atoms with Gasteiger partial charge in [0.1, 0.15) is 0 Å². The molecule has 3 nitrogen and oxygen atoms in total. The maximum atomic E-state index is 5.95. The van der Waals surface area contributed by atoms with Gasteiger partial charge in [-0.15, -0.1) is 0 Å². The fraction of sp³-hybridized carbons (Fsp3) is 0.769. The van der Waals surface area contributed by atoms with Gasteiger partial charge in [0.25, 0.3) is 0 Å². The maximum Gasteiger partial charge on any atom is 0.0814 e. The molecule has 98 valence electrons. The van der Waals surface area contributed by atoms with E-state index in [1.54, 1.807) is 6.20 Å². The lowest BCUT2D eigenvalue weighted by atomic mass is 10.1. The molecule has 1 aromatic heterocycles. The molecule has 1 aromatic rings. The number of halogens is 1. The number of nitrogens with zero attached hydrogens (tertiary/aromatic N) is 2. The van der Waals surface area contributed by atoms with Gasteiger partial charge in [-0.2, -0.15) is 5.10 Å². The van der Waals surface area contributed by atoms with Crippen LogP contribution in [0.5, 0.6) is 0 Å². The summed E-state index contributed by atoms with van der Waals surface area (Å²) in [5, 5.41) is 8.51. The Kier molecular flexibility index (Phi) is 6.60. The van der Waals surface area contributed by atoms with Gasteiger partial charge in [-0.1, -0.05) is 37.8 Å². The molecule has 17 heavy (non-hydrogen) atoms. The molecule has 0 fully saturated rings. The summed E-state index contributed by atoms with van der Waals surface area (Å²) in [5.41, 5.74) is 1.05. The van der Waals surface area contributed by atoms with E-state index < -0.39 is 0 Å². The van der Waals surface area contributed by atoms with Crippen molar-refractivity contribution in [3.05, 3.63) is 16.9 Å². The molecule has 0 saturated carbocycles. The van der Waals surface area contributed by atoms with Crippen LogP contribution in [0.1, 0.15) is 45.2 Å². The Morgan fingerprint density at radius 1 is 1.47 bits per heavy atom. The SMILES string of the molecule is CCCCCC(C)NCCn1ncc(Cl)c1C. The molecule has 1 rings (SSSR count). The standard InChI is InChI=1S/C13H24ClN3/c1-4-5-6-7-11(2)15-8-9-17-12(3)13(14)10-16-17/h10-11,15H,4-9H2,1-3H3. The lowest BCUT2D eigenvalue weighted by molar-refractivity contribution is 0.457. The highest BCUT2D eigenvalue weighted by atomic mass is 35.5. The predicted molar refractivity (Wildman–Crippen MR) is 73.6 cm³/mol. The van der Waals surface area contributed by atoms with Crippen molar-refractivity contribution in [1.29, 1.82) is 0 Å². The zero-order valence-corrected chi connectivity index (χ0v) is 11.9. The van der Waals surface area contributed by atoms with E-state index in [9.17, 15) is 0 Å². The molecule has 1 unspecified atom stereocenters. The van der Waals surface area contributed by atoms with Crippen molar-refractivity contribution in [1.82, 2.24) is 15.1 Å². The third kappa shape index (κ3) is 5.09. The van der Waals surface area contributed by atoms with E-state index >= 15 is 0 Å². The highest BCUT2D eigenvalue weighted by molar-refractivity contribution is 6.31. The molecule has 0 amide bonds. The van der Waals surface area contributed by atoms with E-state index in [1.807, 2.05) is 11.6 Å². The third-order valence-electron chi connectivity index (χ3n) is 3.10. The number of hydrogen-bond donors (Lipinski definition) is 1. The van der Waals surface area contributed by atoms with Gasteiger partial charge in [-0.25, -0.2) is 0 Å². The third-order valence-corrected chi connectivity index (χ3v) is 3.47. The Morgan fingerprint density at radius 3 is 2.82 bits per heavy atom. The van der Waals surface area contributed by atoms with E-state index in [0.717, 1.165) is 23.8 Å². The number of hydrogen-bond acceptors (Lipinski definition) is 2. The summed E-state index contributed by atoms with van der Waals surface area (Å²) in [6.45, 7) is 8.32. The molecular formula is C13H24ClN3. The molecular weight excluding hydrogens is 234 g/mol. The lowest BCUT2D eigenvalue weighted by Crippen LogP contribution is -2.29. The second kappa shape index (κ2) is 7.72. The quantitative estimate of drug-likeness (QED) is 0.724. The van der Waals surface area contributed by atoms with Crippen molar-refractivity contribution < 1.29 is 0 Å². The monoisotopic (exact) mass is 257 g/mol. The van der Waals surface area contributed by atoms with Gasteiger partial charge in [0.15, 0.2) is 0 Å². The Labute approximate surface area is 110 Å². The molecule has 0 aliphatic carbocycles. The largest absolute Gasteiger partial charge is 0.312 e. The molecule has 0 aromatic carbocycles. The van der Waals surface area contributed by atoms with E-state index in [4.69, 9.17) is 11.6 Å². The Hall–Kier alpha value is -0.540. The number of rotatable bonds is 8. The van der Waals surface area contributed by atoms with Gasteiger partial charge >= 0.3 is 0 Å². The molecule has 4 heteroatoms. The topological polar surface area (TPSA) is 29.9 Å². The number of nitrogens with one attached hydrogen (secondary N) is 1. The second-order valence-corrected chi connectivity index (χ2v) is 5.06. The van der Waals surface area contributed by atoms with Crippen molar-refractivity contribution in [2.75, 3.05) is 6.54 Å². The van der Waals surface area contributed by atoms with Crippen LogP contribution in [0.3, 0.4) is 0 Å². The van der Waals surface area contributed by atoms with Crippen LogP contribution in [-0.2, 0) is 6.54 Å². The van der Waals surface area contributed by atoms with Crippen LogP contribution < -0.4 is 5.32 Å². The summed E-state index contributed by atoms with van der Waals surface area (Å²) >= 11 is 5.95. The first-order valence-electron chi connectivity index (χ1n) is 6.56. The molecule has 0 saturated heterocycles. The summed E-state index contributed by atoms with van der Waals surface area (Å²) in [4.78, 5) is 0. The maximum absolute atomic E-state index is 5.95. The van der Waals surface area contributed by atoms with Crippen molar-refractivity contribution in [2.45, 2.75) is 59.0 Å². The molecule has 0 bridgehead atoms. The van der Waals surface area contributed by atoms with E-state index in [2.05, 4.69) is 24.3 Å². The zero-order chi connectivity index (χ0) is 12.7. The van der Waals surface area contributed by atoms with Gasteiger partial charge in [0.2, 0.25) is 0 Å². The van der Waals surface area contributed by atoms with Crippen molar-refractivity contribution in [3.63, 3.8) is 0 Å². The van der Waals surface area contributed by atoms with E-state index in [-0.39, 0.29) is 0 Å². The summed E-state index contributed by atoms with van der Waals surface area (Å²) in [7, 11) is 0. The minimum atomic E-state index is 0.591. The van der Waals surface area contributed by atoms with Crippen LogP contribution in [0.25, 0.3) is 0 Å². The summed E-state index contributed by atoms with van der Waals surface area (Å²) in [6.07, 6.45) is 6.91. The first-order chi connectivity index (χ1) is 8.15. The smallest absolute Gasteiger partial charge is 0.0814 e. The summed E-state index contributed by atoms with van der Waals surface area (Å²) in [6, 6.07) is 0.591. The summed E-state index contributed by atoms with van der Waals surface area (Å²) in [5.74, 6) is 0. The van der Waals surface area contributed by atoms with Crippen molar-refractivity contribution in [3.8, 4) is 0 Å². The minimum Gasteiger partial charge on any atom is -0.312 e. The highest BCUT2D eigenvalue weighted by Gasteiger charge is 2.04. The molecule has 0 aliphatic heterocycles.